The Labute approximate surface area is 216 Å². The third kappa shape index (κ3) is 3.62. The highest BCUT2D eigenvalue weighted by atomic mass is 16.5. The van der Waals surface area contributed by atoms with Crippen LogP contribution in [0.3, 0.4) is 0 Å². The molecule has 9 nitrogen and oxygen atoms in total. The van der Waals surface area contributed by atoms with Gasteiger partial charge in [0.2, 0.25) is 0 Å². The second-order valence-corrected chi connectivity index (χ2v) is 8.93. The molecule has 1 N–H and O–H groups in total. The minimum atomic E-state index is -0.724. The lowest BCUT2D eigenvalue weighted by molar-refractivity contribution is -0.127. The number of nitrogens with one attached hydrogen (secondary N) is 1. The van der Waals surface area contributed by atoms with Crippen molar-refractivity contribution in [2.45, 2.75) is 19.6 Å². The van der Waals surface area contributed by atoms with Crippen LogP contribution in [0.1, 0.15) is 12.5 Å². The Balaban J connectivity index is 1.43. The van der Waals surface area contributed by atoms with Crippen molar-refractivity contribution < 1.29 is 19.0 Å². The van der Waals surface area contributed by atoms with E-state index in [0.717, 1.165) is 16.3 Å². The first-order chi connectivity index (χ1) is 18.5. The van der Waals surface area contributed by atoms with Crippen molar-refractivity contribution in [2.24, 2.45) is 0 Å². The number of carbonyl (C=O) groups is 1. The highest BCUT2D eigenvalue weighted by Crippen LogP contribution is 2.39. The minimum absolute atomic E-state index is 0.228. The number of amides is 1. The van der Waals surface area contributed by atoms with Crippen LogP contribution in [0, 0.1) is 0 Å². The van der Waals surface area contributed by atoms with Crippen LogP contribution in [-0.2, 0) is 11.3 Å². The molecule has 1 amide bonds. The third-order valence-electron chi connectivity index (χ3n) is 6.76. The number of pyridine rings is 3. The van der Waals surface area contributed by atoms with E-state index in [-0.39, 0.29) is 11.5 Å². The Kier molecular flexibility index (Phi) is 5.68. The van der Waals surface area contributed by atoms with E-state index in [4.69, 9.17) is 14.2 Å². The average Bonchev–Trinajstić information content (AvgIpc) is 3.29. The number of rotatable bonds is 7. The van der Waals surface area contributed by atoms with Gasteiger partial charge in [0, 0.05) is 41.3 Å². The molecule has 0 saturated carbocycles. The number of nitrogens with zero attached hydrogens (tertiary/aromatic N) is 3. The largest absolute Gasteiger partial charge is 0.493 e. The van der Waals surface area contributed by atoms with Crippen molar-refractivity contribution in [3.05, 3.63) is 83.0 Å². The number of methoxy groups -OCH3 is 2. The van der Waals surface area contributed by atoms with Crippen molar-refractivity contribution >= 4 is 44.0 Å². The van der Waals surface area contributed by atoms with E-state index in [1.54, 1.807) is 42.0 Å². The van der Waals surface area contributed by atoms with Gasteiger partial charge in [-0.25, -0.2) is 0 Å². The highest BCUT2D eigenvalue weighted by Gasteiger charge is 2.23. The zero-order valence-corrected chi connectivity index (χ0v) is 21.0. The summed E-state index contributed by atoms with van der Waals surface area (Å²) in [6.45, 7) is 2.08. The molecule has 0 unspecified atom stereocenters. The van der Waals surface area contributed by atoms with Crippen LogP contribution in [0.5, 0.6) is 17.2 Å². The van der Waals surface area contributed by atoms with E-state index in [0.29, 0.717) is 51.1 Å². The van der Waals surface area contributed by atoms with E-state index >= 15 is 0 Å². The van der Waals surface area contributed by atoms with Gasteiger partial charge >= 0.3 is 0 Å². The van der Waals surface area contributed by atoms with Crippen molar-refractivity contribution in [1.29, 1.82) is 0 Å². The van der Waals surface area contributed by atoms with Crippen LogP contribution in [0.15, 0.2) is 71.9 Å². The summed E-state index contributed by atoms with van der Waals surface area (Å²) < 4.78 is 18.7. The van der Waals surface area contributed by atoms with E-state index in [1.165, 1.54) is 14.2 Å². The van der Waals surface area contributed by atoms with Gasteiger partial charge in [-0.15, -0.1) is 0 Å². The molecule has 4 aromatic heterocycles. The fraction of sp³-hybridized carbons (Fsp3) is 0.172. The smallest absolute Gasteiger partial charge is 0.267 e. The van der Waals surface area contributed by atoms with Gasteiger partial charge in [0.25, 0.3) is 11.5 Å². The van der Waals surface area contributed by atoms with Crippen molar-refractivity contribution in [2.75, 3.05) is 14.2 Å². The Bertz CT molecular complexity index is 1880. The normalized spacial score (nSPS) is 12.3. The molecule has 2 aromatic carbocycles. The van der Waals surface area contributed by atoms with Crippen LogP contribution in [0.4, 0.5) is 0 Å². The average molecular weight is 509 g/mol. The summed E-state index contributed by atoms with van der Waals surface area (Å²) in [5.41, 5.74) is 2.82. The van der Waals surface area contributed by atoms with Crippen LogP contribution in [0.2, 0.25) is 0 Å². The van der Waals surface area contributed by atoms with Gasteiger partial charge in [0.15, 0.2) is 17.6 Å². The Morgan fingerprint density at radius 2 is 1.79 bits per heavy atom. The highest BCUT2D eigenvalue weighted by molar-refractivity contribution is 6.19. The number of ether oxygens (including phenoxy) is 3. The summed E-state index contributed by atoms with van der Waals surface area (Å²) in [7, 11) is 3.05. The number of hydrogen-bond acceptors (Lipinski definition) is 7. The lowest BCUT2D eigenvalue weighted by Gasteiger charge is -2.15. The molecule has 6 aromatic rings. The zero-order chi connectivity index (χ0) is 26.4. The molecule has 190 valence electrons. The Hall–Kier alpha value is -4.92. The molecule has 4 heterocycles. The molecular weight excluding hydrogens is 484 g/mol. The lowest BCUT2D eigenvalue weighted by atomic mass is 10.1. The summed E-state index contributed by atoms with van der Waals surface area (Å²) in [5.74, 6) is 1.12. The quantitative estimate of drug-likeness (QED) is 0.324. The second kappa shape index (κ2) is 9.19. The fourth-order valence-electron chi connectivity index (χ4n) is 4.96. The molecule has 0 aliphatic carbocycles. The molecule has 9 heteroatoms. The van der Waals surface area contributed by atoms with E-state index in [9.17, 15) is 9.59 Å². The molecule has 0 radical (unpaired) electrons. The van der Waals surface area contributed by atoms with Crippen LogP contribution < -0.4 is 25.1 Å². The number of benzene rings is 2. The van der Waals surface area contributed by atoms with Crippen molar-refractivity contribution in [1.82, 2.24) is 19.7 Å². The molecule has 0 saturated heterocycles. The van der Waals surface area contributed by atoms with Gasteiger partial charge < -0.3 is 19.5 Å². The van der Waals surface area contributed by atoms with Gasteiger partial charge in [-0.2, -0.15) is 0 Å². The number of hydrogen-bond donors (Lipinski definition) is 1. The fourth-order valence-corrected chi connectivity index (χ4v) is 4.96. The van der Waals surface area contributed by atoms with E-state index in [1.807, 2.05) is 36.4 Å². The van der Waals surface area contributed by atoms with Gasteiger partial charge in [0.1, 0.15) is 5.75 Å². The van der Waals surface area contributed by atoms with Crippen LogP contribution >= 0.6 is 0 Å². The number of aromatic nitrogens is 3. The minimum Gasteiger partial charge on any atom is -0.493 e. The van der Waals surface area contributed by atoms with Crippen LogP contribution in [-0.4, -0.2) is 40.6 Å². The van der Waals surface area contributed by atoms with E-state index < -0.39 is 6.10 Å². The molecule has 0 fully saturated rings. The maximum absolute atomic E-state index is 13.9. The second-order valence-electron chi connectivity index (χ2n) is 8.93. The van der Waals surface area contributed by atoms with Gasteiger partial charge in [-0.05, 0) is 61.0 Å². The lowest BCUT2D eigenvalue weighted by Crippen LogP contribution is -2.35. The molecular formula is C29H24N4O5. The SMILES string of the molecule is COc1ccc2c(c1OC)c(=O)n1c3ccc(O[C@@H](C)C(=O)NCc4ccncc4)cc3c3ccnc2c31. The first kappa shape index (κ1) is 23.5. The monoisotopic (exact) mass is 508 g/mol. The molecule has 38 heavy (non-hydrogen) atoms. The predicted octanol–water partition coefficient (Wildman–Crippen LogP) is 4.09. The standard InChI is InChI=1S/C29H24N4O5/c1-16(28(34)32-15-17-8-11-30-12-9-17)38-18-4-6-22-21(14-18)19-10-13-31-25-20-5-7-23(36-2)27(37-3)24(20)29(35)33(22)26(19)25/h4-14,16H,15H2,1-3H3,(H,32,34)/t16-/m0/s1. The molecule has 0 aliphatic heterocycles. The first-order valence-corrected chi connectivity index (χ1v) is 12.1. The molecule has 0 aliphatic rings. The Morgan fingerprint density at radius 1 is 0.974 bits per heavy atom. The van der Waals surface area contributed by atoms with Crippen molar-refractivity contribution in [3.63, 3.8) is 0 Å². The first-order valence-electron chi connectivity index (χ1n) is 12.1. The van der Waals surface area contributed by atoms with Gasteiger partial charge in [0.05, 0.1) is 36.2 Å². The van der Waals surface area contributed by atoms with Gasteiger partial charge in [-0.3, -0.25) is 24.0 Å². The van der Waals surface area contributed by atoms with Crippen molar-refractivity contribution in [3.8, 4) is 17.2 Å². The topological polar surface area (TPSA) is 104 Å². The molecule has 0 bridgehead atoms. The Morgan fingerprint density at radius 3 is 2.55 bits per heavy atom. The predicted molar refractivity (Wildman–Crippen MR) is 144 cm³/mol. The van der Waals surface area contributed by atoms with Gasteiger partial charge in [-0.1, -0.05) is 0 Å². The summed E-state index contributed by atoms with van der Waals surface area (Å²) >= 11 is 0. The summed E-state index contributed by atoms with van der Waals surface area (Å²) in [6.07, 6.45) is 4.36. The molecule has 6 rings (SSSR count). The summed E-state index contributed by atoms with van der Waals surface area (Å²) in [4.78, 5) is 35.1. The maximum atomic E-state index is 13.9. The molecule has 1 atom stereocenters. The zero-order valence-electron chi connectivity index (χ0n) is 21.0. The number of carbonyl (C=O) groups excluding carboxylic acids is 1. The molecule has 0 spiro atoms. The van der Waals surface area contributed by atoms with E-state index in [2.05, 4.69) is 15.3 Å². The summed E-state index contributed by atoms with van der Waals surface area (Å²) in [6, 6.07) is 14.6. The maximum Gasteiger partial charge on any atom is 0.267 e. The summed E-state index contributed by atoms with van der Waals surface area (Å²) in [5, 5.41) is 5.64. The van der Waals surface area contributed by atoms with Crippen LogP contribution in [0.25, 0.3) is 38.1 Å². The number of fused-ring (bicyclic) bond motifs is 5. The third-order valence-corrected chi connectivity index (χ3v) is 6.76.